The highest BCUT2D eigenvalue weighted by Crippen LogP contribution is 2.06. The molecule has 1 aromatic rings. The molecule has 0 heterocycles. The molecule has 4 heteroatoms. The van der Waals surface area contributed by atoms with E-state index in [1.54, 1.807) is 24.3 Å². The number of terminal acetylenes is 1. The molecular formula is C9H9NO2S. The second kappa shape index (κ2) is 3.60. The first-order valence-corrected chi connectivity index (χ1v) is 5.29. The van der Waals surface area contributed by atoms with Crippen molar-refractivity contribution in [2.24, 2.45) is 5.14 Å². The van der Waals surface area contributed by atoms with Gasteiger partial charge in [-0.2, -0.15) is 0 Å². The van der Waals surface area contributed by atoms with Crippen molar-refractivity contribution in [2.45, 2.75) is 5.75 Å². The van der Waals surface area contributed by atoms with E-state index in [9.17, 15) is 8.42 Å². The molecule has 0 radical (unpaired) electrons. The van der Waals surface area contributed by atoms with Gasteiger partial charge in [-0.05, 0) is 17.7 Å². The molecule has 0 spiro atoms. The van der Waals surface area contributed by atoms with Gasteiger partial charge in [-0.25, -0.2) is 13.6 Å². The highest BCUT2D eigenvalue weighted by Gasteiger charge is 2.04. The maximum atomic E-state index is 10.7. The van der Waals surface area contributed by atoms with Crippen molar-refractivity contribution in [3.63, 3.8) is 0 Å². The standard InChI is InChI=1S/C9H9NO2S/c1-2-8-4-3-5-9(6-8)7-13(10,11)12/h1,3-6H,7H2,(H2,10,11,12). The summed E-state index contributed by atoms with van der Waals surface area (Å²) in [4.78, 5) is 0. The summed E-state index contributed by atoms with van der Waals surface area (Å²) in [6.07, 6.45) is 5.15. The third-order valence-electron chi connectivity index (χ3n) is 1.46. The van der Waals surface area contributed by atoms with Crippen molar-refractivity contribution < 1.29 is 8.42 Å². The zero-order valence-electron chi connectivity index (χ0n) is 6.90. The van der Waals surface area contributed by atoms with Gasteiger partial charge in [-0.1, -0.05) is 18.1 Å². The summed E-state index contributed by atoms with van der Waals surface area (Å²) < 4.78 is 21.5. The first-order chi connectivity index (χ1) is 6.01. The summed E-state index contributed by atoms with van der Waals surface area (Å²) in [5.74, 6) is 2.24. The molecule has 0 amide bonds. The molecule has 0 aliphatic carbocycles. The van der Waals surface area contributed by atoms with Gasteiger partial charge in [0.15, 0.2) is 0 Å². The Kier molecular flexibility index (Phi) is 2.71. The van der Waals surface area contributed by atoms with Crippen molar-refractivity contribution in [3.8, 4) is 12.3 Å². The van der Waals surface area contributed by atoms with E-state index in [0.717, 1.165) is 0 Å². The summed E-state index contributed by atoms with van der Waals surface area (Å²) >= 11 is 0. The van der Waals surface area contributed by atoms with E-state index in [2.05, 4.69) is 5.92 Å². The SMILES string of the molecule is C#Cc1cccc(CS(N)(=O)=O)c1. The monoisotopic (exact) mass is 195 g/mol. The molecule has 0 unspecified atom stereocenters. The quantitative estimate of drug-likeness (QED) is 0.697. The second-order valence-electron chi connectivity index (χ2n) is 2.65. The van der Waals surface area contributed by atoms with Crippen LogP contribution in [0.25, 0.3) is 0 Å². The van der Waals surface area contributed by atoms with E-state index in [0.29, 0.717) is 11.1 Å². The molecule has 1 aromatic carbocycles. The van der Waals surface area contributed by atoms with Crippen LogP contribution in [-0.4, -0.2) is 8.42 Å². The Hall–Kier alpha value is -1.31. The Bertz CT molecular complexity index is 443. The van der Waals surface area contributed by atoms with E-state index in [1.807, 2.05) is 0 Å². The molecule has 0 atom stereocenters. The molecule has 0 aromatic heterocycles. The molecule has 0 aliphatic heterocycles. The van der Waals surface area contributed by atoms with Crippen LogP contribution in [0.3, 0.4) is 0 Å². The summed E-state index contributed by atoms with van der Waals surface area (Å²) in [6.45, 7) is 0. The summed E-state index contributed by atoms with van der Waals surface area (Å²) in [5, 5.41) is 4.88. The Morgan fingerprint density at radius 1 is 1.46 bits per heavy atom. The summed E-state index contributed by atoms with van der Waals surface area (Å²) in [7, 11) is -3.47. The largest absolute Gasteiger partial charge is 0.228 e. The maximum Gasteiger partial charge on any atom is 0.213 e. The smallest absolute Gasteiger partial charge is 0.213 e. The molecule has 0 saturated heterocycles. The van der Waals surface area contributed by atoms with Gasteiger partial charge < -0.3 is 0 Å². The van der Waals surface area contributed by atoms with Crippen molar-refractivity contribution in [2.75, 3.05) is 0 Å². The van der Waals surface area contributed by atoms with Gasteiger partial charge in [-0.15, -0.1) is 6.42 Å². The van der Waals surface area contributed by atoms with Crippen molar-refractivity contribution in [1.82, 2.24) is 0 Å². The van der Waals surface area contributed by atoms with E-state index >= 15 is 0 Å². The van der Waals surface area contributed by atoms with E-state index < -0.39 is 10.0 Å². The fourth-order valence-corrected chi connectivity index (χ4v) is 1.63. The minimum atomic E-state index is -3.47. The lowest BCUT2D eigenvalue weighted by Crippen LogP contribution is -2.14. The van der Waals surface area contributed by atoms with Gasteiger partial charge in [0.25, 0.3) is 0 Å². The normalized spacial score (nSPS) is 10.8. The van der Waals surface area contributed by atoms with Crippen LogP contribution in [0.4, 0.5) is 0 Å². The van der Waals surface area contributed by atoms with E-state index in [-0.39, 0.29) is 5.75 Å². The third kappa shape index (κ3) is 3.28. The minimum absolute atomic E-state index is 0.178. The van der Waals surface area contributed by atoms with Gasteiger partial charge in [0.05, 0.1) is 5.75 Å². The first-order valence-electron chi connectivity index (χ1n) is 3.57. The third-order valence-corrected chi connectivity index (χ3v) is 2.20. The van der Waals surface area contributed by atoms with Crippen LogP contribution in [0.15, 0.2) is 24.3 Å². The number of benzene rings is 1. The van der Waals surface area contributed by atoms with Crippen LogP contribution in [-0.2, 0) is 15.8 Å². The van der Waals surface area contributed by atoms with Crippen LogP contribution < -0.4 is 5.14 Å². The molecule has 0 bridgehead atoms. The zero-order chi connectivity index (χ0) is 9.90. The number of hydrogen-bond donors (Lipinski definition) is 1. The summed E-state index contributed by atoms with van der Waals surface area (Å²) in [6, 6.07) is 6.73. The van der Waals surface area contributed by atoms with Crippen molar-refractivity contribution >= 4 is 10.0 Å². The zero-order valence-corrected chi connectivity index (χ0v) is 7.71. The van der Waals surface area contributed by atoms with Crippen molar-refractivity contribution in [3.05, 3.63) is 35.4 Å². The lowest BCUT2D eigenvalue weighted by atomic mass is 10.1. The average Bonchev–Trinajstić information content (AvgIpc) is 2.01. The van der Waals surface area contributed by atoms with Crippen molar-refractivity contribution in [1.29, 1.82) is 0 Å². The second-order valence-corrected chi connectivity index (χ2v) is 4.27. The molecule has 1 rings (SSSR count). The summed E-state index contributed by atoms with van der Waals surface area (Å²) in [5.41, 5.74) is 1.26. The lowest BCUT2D eigenvalue weighted by molar-refractivity contribution is 0.597. The highest BCUT2D eigenvalue weighted by molar-refractivity contribution is 7.88. The average molecular weight is 195 g/mol. The predicted octanol–water partition coefficient (Wildman–Crippen LogP) is 0.456. The molecule has 68 valence electrons. The maximum absolute atomic E-state index is 10.7. The number of sulfonamides is 1. The van der Waals surface area contributed by atoms with Gasteiger partial charge in [-0.3, -0.25) is 0 Å². The van der Waals surface area contributed by atoms with Gasteiger partial charge >= 0.3 is 0 Å². The molecule has 0 aliphatic rings. The van der Waals surface area contributed by atoms with Crippen LogP contribution in [0.1, 0.15) is 11.1 Å². The Morgan fingerprint density at radius 2 is 2.15 bits per heavy atom. The molecule has 2 N–H and O–H groups in total. The first kappa shape index (κ1) is 9.78. The molecule has 13 heavy (non-hydrogen) atoms. The Morgan fingerprint density at radius 3 is 2.69 bits per heavy atom. The van der Waals surface area contributed by atoms with Crippen LogP contribution in [0.2, 0.25) is 0 Å². The van der Waals surface area contributed by atoms with Gasteiger partial charge in [0.2, 0.25) is 10.0 Å². The number of rotatable bonds is 2. The van der Waals surface area contributed by atoms with Crippen LogP contribution >= 0.6 is 0 Å². The number of primary sulfonamides is 1. The minimum Gasteiger partial charge on any atom is -0.228 e. The van der Waals surface area contributed by atoms with Crippen LogP contribution in [0.5, 0.6) is 0 Å². The topological polar surface area (TPSA) is 60.2 Å². The highest BCUT2D eigenvalue weighted by atomic mass is 32.2. The Balaban J connectivity index is 2.99. The Labute approximate surface area is 77.6 Å². The molecule has 3 nitrogen and oxygen atoms in total. The molecular weight excluding hydrogens is 186 g/mol. The van der Waals surface area contributed by atoms with E-state index in [1.165, 1.54) is 0 Å². The van der Waals surface area contributed by atoms with Crippen LogP contribution in [0, 0.1) is 12.3 Å². The molecule has 0 fully saturated rings. The lowest BCUT2D eigenvalue weighted by Gasteiger charge is -1.99. The number of hydrogen-bond acceptors (Lipinski definition) is 2. The fourth-order valence-electron chi connectivity index (χ4n) is 0.983. The predicted molar refractivity (Wildman–Crippen MR) is 51.2 cm³/mol. The fraction of sp³-hybridized carbons (Fsp3) is 0.111. The molecule has 0 saturated carbocycles. The number of nitrogens with two attached hydrogens (primary N) is 1. The van der Waals surface area contributed by atoms with Gasteiger partial charge in [0, 0.05) is 5.56 Å². The van der Waals surface area contributed by atoms with Gasteiger partial charge in [0.1, 0.15) is 0 Å². The van der Waals surface area contributed by atoms with E-state index in [4.69, 9.17) is 11.6 Å².